The van der Waals surface area contributed by atoms with E-state index in [1.807, 2.05) is 0 Å². The predicted molar refractivity (Wildman–Crippen MR) is 75.4 cm³/mol. The summed E-state index contributed by atoms with van der Waals surface area (Å²) in [6, 6.07) is 4.30. The zero-order valence-corrected chi connectivity index (χ0v) is 12.3. The van der Waals surface area contributed by atoms with Crippen molar-refractivity contribution < 1.29 is 18.9 Å². The van der Waals surface area contributed by atoms with E-state index < -0.39 is 22.0 Å². The monoisotopic (exact) mass is 315 g/mol. The summed E-state index contributed by atoms with van der Waals surface area (Å²) in [4.78, 5) is 23.1. The first-order valence-electron chi connectivity index (χ1n) is 6.14. The lowest BCUT2D eigenvalue weighted by Crippen LogP contribution is -2.36. The first kappa shape index (κ1) is 15.0. The number of hydrogen-bond donors (Lipinski definition) is 2. The fourth-order valence-electron chi connectivity index (χ4n) is 1.64. The fraction of sp³-hybridized carbons (Fsp3) is 0.385. The molecule has 2 atom stereocenters. The Bertz CT molecular complexity index is 586. The molecule has 108 valence electrons. The van der Waals surface area contributed by atoms with Crippen molar-refractivity contribution in [2.45, 2.75) is 36.0 Å². The molecule has 0 saturated heterocycles. The Balaban J connectivity index is 2.17. The van der Waals surface area contributed by atoms with Gasteiger partial charge in [-0.3, -0.25) is 9.00 Å². The number of amides is 1. The largest absolute Gasteiger partial charge is 0.478 e. The van der Waals surface area contributed by atoms with Crippen LogP contribution in [0.15, 0.2) is 23.1 Å². The Morgan fingerprint density at radius 3 is 2.65 bits per heavy atom. The SMILES string of the molecule is CC(C(=O)NC1CC1)S(=O)c1ccc(Cl)c(C(=O)O)c1. The van der Waals surface area contributed by atoms with Gasteiger partial charge in [0.25, 0.3) is 0 Å². The van der Waals surface area contributed by atoms with Gasteiger partial charge in [-0.1, -0.05) is 11.6 Å². The van der Waals surface area contributed by atoms with Gasteiger partial charge in [0.05, 0.1) is 21.4 Å². The lowest BCUT2D eigenvalue weighted by atomic mass is 10.2. The van der Waals surface area contributed by atoms with Gasteiger partial charge >= 0.3 is 5.97 Å². The van der Waals surface area contributed by atoms with Crippen LogP contribution in [0, 0.1) is 0 Å². The number of carbonyl (C=O) groups is 2. The van der Waals surface area contributed by atoms with Crippen LogP contribution < -0.4 is 5.32 Å². The van der Waals surface area contributed by atoms with Crippen LogP contribution in [0.3, 0.4) is 0 Å². The van der Waals surface area contributed by atoms with E-state index >= 15 is 0 Å². The molecule has 0 spiro atoms. The summed E-state index contributed by atoms with van der Waals surface area (Å²) < 4.78 is 12.3. The third kappa shape index (κ3) is 3.37. The van der Waals surface area contributed by atoms with E-state index in [9.17, 15) is 13.8 Å². The van der Waals surface area contributed by atoms with E-state index in [4.69, 9.17) is 16.7 Å². The zero-order valence-electron chi connectivity index (χ0n) is 10.8. The molecule has 0 radical (unpaired) electrons. The van der Waals surface area contributed by atoms with Gasteiger partial charge in [-0.15, -0.1) is 0 Å². The maximum absolute atomic E-state index is 12.3. The first-order valence-corrected chi connectivity index (χ1v) is 7.73. The van der Waals surface area contributed by atoms with Crippen LogP contribution in [-0.4, -0.2) is 32.5 Å². The molecule has 1 amide bonds. The van der Waals surface area contributed by atoms with Gasteiger partial charge in [-0.2, -0.15) is 0 Å². The number of halogens is 1. The number of carbonyl (C=O) groups excluding carboxylic acids is 1. The van der Waals surface area contributed by atoms with Crippen LogP contribution in [0.2, 0.25) is 5.02 Å². The molecule has 5 nitrogen and oxygen atoms in total. The minimum atomic E-state index is -1.62. The summed E-state index contributed by atoms with van der Waals surface area (Å²) in [5.41, 5.74) is -0.118. The Morgan fingerprint density at radius 2 is 2.10 bits per heavy atom. The third-order valence-corrected chi connectivity index (χ3v) is 4.92. The van der Waals surface area contributed by atoms with Crippen molar-refractivity contribution >= 4 is 34.3 Å². The quantitative estimate of drug-likeness (QED) is 0.868. The van der Waals surface area contributed by atoms with Crippen LogP contribution in [0.25, 0.3) is 0 Å². The van der Waals surface area contributed by atoms with E-state index in [0.717, 1.165) is 12.8 Å². The fourth-order valence-corrected chi connectivity index (χ4v) is 2.95. The number of nitrogens with one attached hydrogen (secondary N) is 1. The Hall–Kier alpha value is -1.40. The highest BCUT2D eigenvalue weighted by molar-refractivity contribution is 7.86. The molecule has 1 aromatic carbocycles. The average molecular weight is 316 g/mol. The van der Waals surface area contributed by atoms with E-state index in [1.165, 1.54) is 18.2 Å². The number of benzene rings is 1. The number of hydrogen-bond acceptors (Lipinski definition) is 3. The molecular weight excluding hydrogens is 302 g/mol. The Labute approximate surface area is 123 Å². The van der Waals surface area contributed by atoms with Gasteiger partial charge in [0, 0.05) is 10.9 Å². The molecule has 7 heteroatoms. The van der Waals surface area contributed by atoms with Crippen LogP contribution in [0.1, 0.15) is 30.1 Å². The molecular formula is C13H14ClNO4S. The summed E-state index contributed by atoms with van der Waals surface area (Å²) in [6.45, 7) is 1.56. The van der Waals surface area contributed by atoms with Crippen LogP contribution in [0.4, 0.5) is 0 Å². The topological polar surface area (TPSA) is 83.5 Å². The molecule has 2 rings (SSSR count). The van der Waals surface area contributed by atoms with Crippen molar-refractivity contribution in [3.8, 4) is 0 Å². The number of rotatable bonds is 5. The van der Waals surface area contributed by atoms with Crippen molar-refractivity contribution in [1.82, 2.24) is 5.32 Å². The summed E-state index contributed by atoms with van der Waals surface area (Å²) in [7, 11) is -1.62. The predicted octanol–water partition coefficient (Wildman–Crippen LogP) is 1.81. The van der Waals surface area contributed by atoms with E-state index in [-0.39, 0.29) is 27.4 Å². The van der Waals surface area contributed by atoms with Crippen molar-refractivity contribution in [3.63, 3.8) is 0 Å². The molecule has 0 aliphatic heterocycles. The number of carboxylic acid groups (broad SMARTS) is 1. The highest BCUT2D eigenvalue weighted by Crippen LogP contribution is 2.22. The second-order valence-corrected chi connectivity index (χ2v) is 6.85. The maximum atomic E-state index is 12.3. The smallest absolute Gasteiger partial charge is 0.337 e. The molecule has 1 aromatic rings. The molecule has 2 N–H and O–H groups in total. The highest BCUT2D eigenvalue weighted by Gasteiger charge is 2.29. The standard InChI is InChI=1S/C13H14ClNO4S/c1-7(12(16)15-8-2-3-8)20(19)9-4-5-11(14)10(6-9)13(17)18/h4-8H,2-3H2,1H3,(H,15,16)(H,17,18). The minimum absolute atomic E-state index is 0.0772. The summed E-state index contributed by atoms with van der Waals surface area (Å²) in [5.74, 6) is -1.47. The van der Waals surface area contributed by atoms with Crippen molar-refractivity contribution in [2.75, 3.05) is 0 Å². The maximum Gasteiger partial charge on any atom is 0.337 e. The summed E-state index contributed by atoms with van der Waals surface area (Å²) >= 11 is 5.76. The second-order valence-electron chi connectivity index (χ2n) is 4.67. The molecule has 1 fully saturated rings. The average Bonchev–Trinajstić information content (AvgIpc) is 3.21. The molecule has 1 aliphatic rings. The van der Waals surface area contributed by atoms with Crippen molar-refractivity contribution in [3.05, 3.63) is 28.8 Å². The molecule has 1 saturated carbocycles. The van der Waals surface area contributed by atoms with Gasteiger partial charge in [-0.05, 0) is 38.0 Å². The highest BCUT2D eigenvalue weighted by atomic mass is 35.5. The van der Waals surface area contributed by atoms with Crippen molar-refractivity contribution in [1.29, 1.82) is 0 Å². The van der Waals surface area contributed by atoms with Crippen LogP contribution in [-0.2, 0) is 15.6 Å². The molecule has 2 unspecified atom stereocenters. The Kier molecular flexibility index (Phi) is 4.45. The van der Waals surface area contributed by atoms with Gasteiger partial charge in [0.15, 0.2) is 0 Å². The number of aromatic carboxylic acids is 1. The van der Waals surface area contributed by atoms with E-state index in [1.54, 1.807) is 6.92 Å². The van der Waals surface area contributed by atoms with Gasteiger partial charge in [-0.25, -0.2) is 4.79 Å². The molecule has 1 aliphatic carbocycles. The molecule has 0 aromatic heterocycles. The Morgan fingerprint density at radius 1 is 1.45 bits per heavy atom. The van der Waals surface area contributed by atoms with Crippen molar-refractivity contribution in [2.24, 2.45) is 0 Å². The normalized spacial score (nSPS) is 17.3. The first-order chi connectivity index (χ1) is 9.40. The van der Waals surface area contributed by atoms with Gasteiger partial charge in [0.2, 0.25) is 5.91 Å². The third-order valence-electron chi connectivity index (χ3n) is 3.01. The van der Waals surface area contributed by atoms with Gasteiger partial charge in [0.1, 0.15) is 5.25 Å². The second kappa shape index (κ2) is 5.93. The van der Waals surface area contributed by atoms with E-state index in [2.05, 4.69) is 5.32 Å². The van der Waals surface area contributed by atoms with Crippen LogP contribution >= 0.6 is 11.6 Å². The lowest BCUT2D eigenvalue weighted by Gasteiger charge is -2.12. The lowest BCUT2D eigenvalue weighted by molar-refractivity contribution is -0.120. The van der Waals surface area contributed by atoms with Crippen LogP contribution in [0.5, 0.6) is 0 Å². The van der Waals surface area contributed by atoms with Gasteiger partial charge < -0.3 is 10.4 Å². The zero-order chi connectivity index (χ0) is 14.9. The minimum Gasteiger partial charge on any atom is -0.478 e. The summed E-state index contributed by atoms with van der Waals surface area (Å²) in [6.07, 6.45) is 1.91. The number of carboxylic acids is 1. The molecule has 0 bridgehead atoms. The molecule has 0 heterocycles. The molecule has 20 heavy (non-hydrogen) atoms. The summed E-state index contributed by atoms with van der Waals surface area (Å²) in [5, 5.41) is 11.1. The van der Waals surface area contributed by atoms with E-state index in [0.29, 0.717) is 0 Å².